The number of hydrogen-bond acceptors (Lipinski definition) is 4. The number of rotatable bonds is 6. The van der Waals surface area contributed by atoms with Gasteiger partial charge in [0.1, 0.15) is 11.5 Å². The molecule has 0 heterocycles. The van der Waals surface area contributed by atoms with Gasteiger partial charge in [-0.25, -0.2) is 0 Å². The molecular formula is C19H22N2O4. The number of amides is 2. The second kappa shape index (κ2) is 8.19. The van der Waals surface area contributed by atoms with E-state index in [0.717, 1.165) is 5.75 Å². The highest BCUT2D eigenvalue weighted by Crippen LogP contribution is 2.20. The van der Waals surface area contributed by atoms with E-state index in [2.05, 4.69) is 5.32 Å². The summed E-state index contributed by atoms with van der Waals surface area (Å²) >= 11 is 0. The van der Waals surface area contributed by atoms with E-state index in [1.807, 2.05) is 0 Å². The lowest BCUT2D eigenvalue weighted by molar-refractivity contribution is -0.122. The number of benzene rings is 2. The molecule has 0 aliphatic rings. The third-order valence-corrected chi connectivity index (χ3v) is 3.71. The Morgan fingerprint density at radius 2 is 1.72 bits per heavy atom. The molecule has 0 saturated carbocycles. The molecule has 6 nitrogen and oxygen atoms in total. The van der Waals surface area contributed by atoms with Crippen molar-refractivity contribution >= 4 is 23.2 Å². The first-order valence-electron chi connectivity index (χ1n) is 7.86. The van der Waals surface area contributed by atoms with E-state index in [1.165, 1.54) is 11.8 Å². The molecule has 1 N–H and O–H groups in total. The number of carbonyl (C=O) groups excluding carboxylic acids is 2. The lowest BCUT2D eigenvalue weighted by Crippen LogP contribution is -2.30. The van der Waals surface area contributed by atoms with Gasteiger partial charge in [0.25, 0.3) is 5.91 Å². The highest BCUT2D eigenvalue weighted by molar-refractivity contribution is 5.96. The molecule has 132 valence electrons. The zero-order chi connectivity index (χ0) is 18.4. The lowest BCUT2D eigenvalue weighted by Gasteiger charge is -2.18. The van der Waals surface area contributed by atoms with Crippen LogP contribution < -0.4 is 19.7 Å². The average molecular weight is 342 g/mol. The van der Waals surface area contributed by atoms with Crippen molar-refractivity contribution in [2.45, 2.75) is 20.0 Å². The summed E-state index contributed by atoms with van der Waals surface area (Å²) in [7, 11) is 3.27. The number of carbonyl (C=O) groups is 2. The van der Waals surface area contributed by atoms with Crippen molar-refractivity contribution in [3.63, 3.8) is 0 Å². The maximum Gasteiger partial charge on any atom is 0.265 e. The quantitative estimate of drug-likeness (QED) is 0.876. The first-order chi connectivity index (χ1) is 11.9. The van der Waals surface area contributed by atoms with Crippen LogP contribution in [0.4, 0.5) is 11.4 Å². The SMILES string of the molecule is COc1ccc(OC(C)C(=O)Nc2cccc(N(C)C(C)=O)c2)cc1. The van der Waals surface area contributed by atoms with Gasteiger partial charge in [0, 0.05) is 25.3 Å². The molecule has 0 saturated heterocycles. The monoisotopic (exact) mass is 342 g/mol. The van der Waals surface area contributed by atoms with Crippen LogP contribution in [0.2, 0.25) is 0 Å². The number of ether oxygens (including phenoxy) is 2. The van der Waals surface area contributed by atoms with E-state index in [9.17, 15) is 9.59 Å². The second-order valence-corrected chi connectivity index (χ2v) is 5.55. The third kappa shape index (κ3) is 4.97. The minimum absolute atomic E-state index is 0.0836. The molecule has 0 radical (unpaired) electrons. The Labute approximate surface area is 147 Å². The van der Waals surface area contributed by atoms with Crippen LogP contribution >= 0.6 is 0 Å². The Morgan fingerprint density at radius 3 is 2.32 bits per heavy atom. The molecule has 25 heavy (non-hydrogen) atoms. The highest BCUT2D eigenvalue weighted by atomic mass is 16.5. The Hall–Kier alpha value is -3.02. The minimum atomic E-state index is -0.678. The number of anilines is 2. The molecule has 1 unspecified atom stereocenters. The van der Waals surface area contributed by atoms with E-state index >= 15 is 0 Å². The van der Waals surface area contributed by atoms with Crippen LogP contribution in [0.5, 0.6) is 11.5 Å². The van der Waals surface area contributed by atoms with Crippen molar-refractivity contribution < 1.29 is 19.1 Å². The predicted molar refractivity (Wildman–Crippen MR) is 97.2 cm³/mol. The van der Waals surface area contributed by atoms with Gasteiger partial charge in [-0.1, -0.05) is 6.07 Å². The van der Waals surface area contributed by atoms with Crippen molar-refractivity contribution in [3.8, 4) is 11.5 Å². The molecule has 2 aromatic carbocycles. The normalized spacial score (nSPS) is 11.4. The first kappa shape index (κ1) is 18.3. The van der Waals surface area contributed by atoms with Gasteiger partial charge in [0.2, 0.25) is 5.91 Å². The van der Waals surface area contributed by atoms with Gasteiger partial charge in [-0.3, -0.25) is 9.59 Å². The largest absolute Gasteiger partial charge is 0.497 e. The van der Waals surface area contributed by atoms with Gasteiger partial charge in [-0.15, -0.1) is 0 Å². The van der Waals surface area contributed by atoms with E-state index in [1.54, 1.807) is 69.6 Å². The number of nitrogens with one attached hydrogen (secondary N) is 1. The van der Waals surface area contributed by atoms with Crippen LogP contribution in [0.1, 0.15) is 13.8 Å². The molecule has 0 bridgehead atoms. The van der Waals surface area contributed by atoms with E-state index in [-0.39, 0.29) is 11.8 Å². The molecule has 0 aromatic heterocycles. The van der Waals surface area contributed by atoms with E-state index in [0.29, 0.717) is 17.1 Å². The molecule has 0 fully saturated rings. The van der Waals surface area contributed by atoms with Crippen molar-refractivity contribution in [2.24, 2.45) is 0 Å². The summed E-state index contributed by atoms with van der Waals surface area (Å²) in [4.78, 5) is 25.3. The standard InChI is InChI=1S/C19H22N2O4/c1-13(25-18-10-8-17(24-4)9-11-18)19(23)20-15-6-5-7-16(12-15)21(3)14(2)22/h5-13H,1-4H3,(H,20,23). The third-order valence-electron chi connectivity index (χ3n) is 3.71. The summed E-state index contributed by atoms with van der Waals surface area (Å²) in [6, 6.07) is 14.1. The fourth-order valence-electron chi connectivity index (χ4n) is 2.13. The van der Waals surface area contributed by atoms with Crippen molar-refractivity contribution in [2.75, 3.05) is 24.4 Å². The van der Waals surface area contributed by atoms with Gasteiger partial charge in [0.15, 0.2) is 6.10 Å². The molecule has 2 rings (SSSR count). The number of methoxy groups -OCH3 is 1. The summed E-state index contributed by atoms with van der Waals surface area (Å²) in [6.45, 7) is 3.15. The highest BCUT2D eigenvalue weighted by Gasteiger charge is 2.15. The maximum atomic E-state index is 12.3. The van der Waals surface area contributed by atoms with Crippen LogP contribution in [0.15, 0.2) is 48.5 Å². The zero-order valence-corrected chi connectivity index (χ0v) is 14.8. The second-order valence-electron chi connectivity index (χ2n) is 5.55. The van der Waals surface area contributed by atoms with Gasteiger partial charge < -0.3 is 19.7 Å². The van der Waals surface area contributed by atoms with Crippen LogP contribution in [-0.2, 0) is 9.59 Å². The lowest BCUT2D eigenvalue weighted by atomic mass is 10.2. The van der Waals surface area contributed by atoms with Crippen molar-refractivity contribution in [3.05, 3.63) is 48.5 Å². The van der Waals surface area contributed by atoms with Crippen molar-refractivity contribution in [1.82, 2.24) is 0 Å². The smallest absolute Gasteiger partial charge is 0.265 e. The van der Waals surface area contributed by atoms with Crippen molar-refractivity contribution in [1.29, 1.82) is 0 Å². The fraction of sp³-hybridized carbons (Fsp3) is 0.263. The van der Waals surface area contributed by atoms with Crippen LogP contribution in [0, 0.1) is 0 Å². The molecule has 0 spiro atoms. The molecule has 1 atom stereocenters. The van der Waals surface area contributed by atoms with Gasteiger partial charge in [0.05, 0.1) is 7.11 Å². The number of hydrogen-bond donors (Lipinski definition) is 1. The summed E-state index contributed by atoms with van der Waals surface area (Å²) in [5.41, 5.74) is 1.30. The average Bonchev–Trinajstić information content (AvgIpc) is 2.61. The fourth-order valence-corrected chi connectivity index (χ4v) is 2.13. The number of nitrogens with zero attached hydrogens (tertiary/aromatic N) is 1. The minimum Gasteiger partial charge on any atom is -0.497 e. The molecule has 2 amide bonds. The van der Waals surface area contributed by atoms with Crippen LogP contribution in [0.25, 0.3) is 0 Å². The van der Waals surface area contributed by atoms with E-state index < -0.39 is 6.10 Å². The molecule has 0 aliphatic carbocycles. The summed E-state index contributed by atoms with van der Waals surface area (Å²) in [5, 5.41) is 2.79. The summed E-state index contributed by atoms with van der Waals surface area (Å²) in [6.07, 6.45) is -0.678. The van der Waals surface area contributed by atoms with Gasteiger partial charge in [-0.05, 0) is 49.4 Å². The van der Waals surface area contributed by atoms with Gasteiger partial charge in [-0.2, -0.15) is 0 Å². The van der Waals surface area contributed by atoms with Gasteiger partial charge >= 0.3 is 0 Å². The van der Waals surface area contributed by atoms with Crippen LogP contribution in [0.3, 0.4) is 0 Å². The first-order valence-corrected chi connectivity index (χ1v) is 7.86. The topological polar surface area (TPSA) is 67.9 Å². The molecule has 6 heteroatoms. The molecular weight excluding hydrogens is 320 g/mol. The Bertz CT molecular complexity index is 743. The van der Waals surface area contributed by atoms with E-state index in [4.69, 9.17) is 9.47 Å². The Kier molecular flexibility index (Phi) is 6.00. The predicted octanol–water partition coefficient (Wildman–Crippen LogP) is 3.08. The van der Waals surface area contributed by atoms with Crippen LogP contribution in [-0.4, -0.2) is 32.1 Å². The Morgan fingerprint density at radius 1 is 1.08 bits per heavy atom. The summed E-state index contributed by atoms with van der Waals surface area (Å²) in [5.74, 6) is 0.933. The molecule has 2 aromatic rings. The maximum absolute atomic E-state index is 12.3. The Balaban J connectivity index is 2.00. The zero-order valence-electron chi connectivity index (χ0n) is 14.8. The molecule has 0 aliphatic heterocycles. The summed E-state index contributed by atoms with van der Waals surface area (Å²) < 4.78 is 10.7.